The molecule has 0 atom stereocenters. The van der Waals surface area contributed by atoms with Gasteiger partial charge in [0.15, 0.2) is 0 Å². The Kier molecular flexibility index (Phi) is 5.66. The molecule has 0 heterocycles. The standard InChI is InChI=1S/C13H14BrNO/c1-11(16)15-9-3-2-4-12-5-7-13(10-14)8-6-12/h5-8H,3,9-10H2,1H3,(H,15,16). The SMILES string of the molecule is CC(=O)NCCC#Cc1ccc(CBr)cc1. The van der Waals surface area contributed by atoms with Crippen molar-refractivity contribution in [2.75, 3.05) is 6.54 Å². The van der Waals surface area contributed by atoms with Gasteiger partial charge >= 0.3 is 0 Å². The normalized spacial score (nSPS) is 9.12. The fourth-order valence-electron chi connectivity index (χ4n) is 1.14. The molecule has 0 unspecified atom stereocenters. The molecule has 3 heteroatoms. The minimum Gasteiger partial charge on any atom is -0.355 e. The van der Waals surface area contributed by atoms with E-state index in [1.807, 2.05) is 24.3 Å². The molecular formula is C13H14BrNO. The van der Waals surface area contributed by atoms with Gasteiger partial charge < -0.3 is 5.32 Å². The first-order valence-corrected chi connectivity index (χ1v) is 6.22. The van der Waals surface area contributed by atoms with Crippen LogP contribution in [0.1, 0.15) is 24.5 Å². The quantitative estimate of drug-likeness (QED) is 0.514. The lowest BCUT2D eigenvalue weighted by molar-refractivity contribution is -0.118. The van der Waals surface area contributed by atoms with Gasteiger partial charge in [-0.05, 0) is 17.7 Å². The third kappa shape index (κ3) is 4.99. The summed E-state index contributed by atoms with van der Waals surface area (Å²) in [4.78, 5) is 10.6. The second kappa shape index (κ2) is 7.08. The first kappa shape index (κ1) is 12.8. The number of benzene rings is 1. The zero-order valence-electron chi connectivity index (χ0n) is 9.22. The smallest absolute Gasteiger partial charge is 0.216 e. The van der Waals surface area contributed by atoms with E-state index in [2.05, 4.69) is 33.1 Å². The number of rotatable bonds is 3. The van der Waals surface area contributed by atoms with E-state index in [-0.39, 0.29) is 5.91 Å². The summed E-state index contributed by atoms with van der Waals surface area (Å²) in [5, 5.41) is 3.57. The average molecular weight is 280 g/mol. The molecule has 1 rings (SSSR count). The molecule has 0 aliphatic heterocycles. The second-order valence-electron chi connectivity index (χ2n) is 3.37. The molecule has 84 valence electrons. The van der Waals surface area contributed by atoms with E-state index >= 15 is 0 Å². The van der Waals surface area contributed by atoms with E-state index in [4.69, 9.17) is 0 Å². The number of carbonyl (C=O) groups is 1. The van der Waals surface area contributed by atoms with Gasteiger partial charge in [-0.15, -0.1) is 0 Å². The summed E-state index contributed by atoms with van der Waals surface area (Å²) in [5.74, 6) is 6.06. The summed E-state index contributed by atoms with van der Waals surface area (Å²) in [7, 11) is 0. The van der Waals surface area contributed by atoms with Crippen LogP contribution in [0.15, 0.2) is 24.3 Å². The van der Waals surface area contributed by atoms with Crippen LogP contribution in [-0.4, -0.2) is 12.5 Å². The molecule has 1 aromatic rings. The van der Waals surface area contributed by atoms with Gasteiger partial charge in [0.25, 0.3) is 0 Å². The summed E-state index contributed by atoms with van der Waals surface area (Å²) >= 11 is 3.39. The van der Waals surface area contributed by atoms with Crippen molar-refractivity contribution < 1.29 is 4.79 Å². The molecule has 1 amide bonds. The van der Waals surface area contributed by atoms with Crippen LogP contribution in [0.25, 0.3) is 0 Å². The highest BCUT2D eigenvalue weighted by Crippen LogP contribution is 2.06. The first-order chi connectivity index (χ1) is 7.72. The number of amides is 1. The minimum atomic E-state index is -0.0107. The lowest BCUT2D eigenvalue weighted by Gasteiger charge is -1.95. The summed E-state index contributed by atoms with van der Waals surface area (Å²) in [6.07, 6.45) is 0.680. The summed E-state index contributed by atoms with van der Waals surface area (Å²) in [6, 6.07) is 8.10. The summed E-state index contributed by atoms with van der Waals surface area (Å²) in [5.41, 5.74) is 2.25. The van der Waals surface area contributed by atoms with Gasteiger partial charge in [0.1, 0.15) is 0 Å². The van der Waals surface area contributed by atoms with Crippen molar-refractivity contribution >= 4 is 21.8 Å². The molecule has 0 radical (unpaired) electrons. The largest absolute Gasteiger partial charge is 0.355 e. The Morgan fingerprint density at radius 1 is 1.38 bits per heavy atom. The van der Waals surface area contributed by atoms with Gasteiger partial charge in [-0.2, -0.15) is 0 Å². The van der Waals surface area contributed by atoms with Crippen molar-refractivity contribution in [3.05, 3.63) is 35.4 Å². The van der Waals surface area contributed by atoms with Gasteiger partial charge in [0, 0.05) is 30.8 Å². The van der Waals surface area contributed by atoms with E-state index in [9.17, 15) is 4.79 Å². The third-order valence-electron chi connectivity index (χ3n) is 1.96. The minimum absolute atomic E-state index is 0.0107. The van der Waals surface area contributed by atoms with Crippen molar-refractivity contribution in [3.63, 3.8) is 0 Å². The number of hydrogen-bond acceptors (Lipinski definition) is 1. The number of hydrogen-bond donors (Lipinski definition) is 1. The Labute approximate surface area is 105 Å². The number of halogens is 1. The van der Waals surface area contributed by atoms with E-state index in [1.165, 1.54) is 12.5 Å². The van der Waals surface area contributed by atoms with Gasteiger partial charge in [-0.1, -0.05) is 39.9 Å². The maximum Gasteiger partial charge on any atom is 0.216 e. The second-order valence-corrected chi connectivity index (χ2v) is 3.93. The molecule has 0 saturated carbocycles. The van der Waals surface area contributed by atoms with Gasteiger partial charge in [0.2, 0.25) is 5.91 Å². The topological polar surface area (TPSA) is 29.1 Å². The van der Waals surface area contributed by atoms with E-state index in [0.29, 0.717) is 13.0 Å². The van der Waals surface area contributed by atoms with Crippen LogP contribution < -0.4 is 5.32 Å². The fourth-order valence-corrected chi connectivity index (χ4v) is 1.52. The van der Waals surface area contributed by atoms with Gasteiger partial charge in [0.05, 0.1) is 0 Å². The van der Waals surface area contributed by atoms with Crippen molar-refractivity contribution in [1.82, 2.24) is 5.32 Å². The highest BCUT2D eigenvalue weighted by molar-refractivity contribution is 9.08. The number of carbonyl (C=O) groups excluding carboxylic acids is 1. The molecule has 0 aliphatic carbocycles. The lowest BCUT2D eigenvalue weighted by Crippen LogP contribution is -2.20. The molecule has 0 aliphatic rings. The fraction of sp³-hybridized carbons (Fsp3) is 0.308. The highest BCUT2D eigenvalue weighted by Gasteiger charge is 1.90. The number of nitrogens with one attached hydrogen (secondary N) is 1. The van der Waals surface area contributed by atoms with Crippen LogP contribution in [0.3, 0.4) is 0 Å². The highest BCUT2D eigenvalue weighted by atomic mass is 79.9. The van der Waals surface area contributed by atoms with Crippen LogP contribution in [0.4, 0.5) is 0 Å². The average Bonchev–Trinajstić information content (AvgIpc) is 2.29. The summed E-state index contributed by atoms with van der Waals surface area (Å²) < 4.78 is 0. The van der Waals surface area contributed by atoms with Gasteiger partial charge in [-0.3, -0.25) is 4.79 Å². The molecule has 0 aromatic heterocycles. The lowest BCUT2D eigenvalue weighted by atomic mass is 10.1. The molecule has 0 fully saturated rings. The molecule has 0 saturated heterocycles. The Balaban J connectivity index is 2.41. The third-order valence-corrected chi connectivity index (χ3v) is 2.61. The van der Waals surface area contributed by atoms with Crippen molar-refractivity contribution in [3.8, 4) is 11.8 Å². The summed E-state index contributed by atoms with van der Waals surface area (Å²) in [6.45, 7) is 2.12. The monoisotopic (exact) mass is 279 g/mol. The number of alkyl halides is 1. The van der Waals surface area contributed by atoms with Crippen LogP contribution in [0.2, 0.25) is 0 Å². The van der Waals surface area contributed by atoms with Gasteiger partial charge in [-0.25, -0.2) is 0 Å². The molecule has 1 aromatic carbocycles. The first-order valence-electron chi connectivity index (χ1n) is 5.10. The maximum absolute atomic E-state index is 10.6. The molecule has 2 nitrogen and oxygen atoms in total. The van der Waals surface area contributed by atoms with Crippen molar-refractivity contribution in [1.29, 1.82) is 0 Å². The molecule has 0 spiro atoms. The van der Waals surface area contributed by atoms with Crippen LogP contribution in [-0.2, 0) is 10.1 Å². The zero-order valence-corrected chi connectivity index (χ0v) is 10.8. The Morgan fingerprint density at radius 2 is 2.06 bits per heavy atom. The molecule has 16 heavy (non-hydrogen) atoms. The molecule has 0 bridgehead atoms. The zero-order chi connectivity index (χ0) is 11.8. The van der Waals surface area contributed by atoms with E-state index in [1.54, 1.807) is 0 Å². The molecule has 1 N–H and O–H groups in total. The van der Waals surface area contributed by atoms with Crippen molar-refractivity contribution in [2.24, 2.45) is 0 Å². The maximum atomic E-state index is 10.6. The van der Waals surface area contributed by atoms with E-state index < -0.39 is 0 Å². The molecular weight excluding hydrogens is 266 g/mol. The van der Waals surface area contributed by atoms with Crippen LogP contribution in [0, 0.1) is 11.8 Å². The predicted octanol–water partition coefficient (Wildman–Crippen LogP) is 2.46. The Hall–Kier alpha value is -1.27. The Bertz CT molecular complexity index is 400. The van der Waals surface area contributed by atoms with Crippen LogP contribution in [0.5, 0.6) is 0 Å². The van der Waals surface area contributed by atoms with E-state index in [0.717, 1.165) is 10.9 Å². The van der Waals surface area contributed by atoms with Crippen LogP contribution >= 0.6 is 15.9 Å². The predicted molar refractivity (Wildman–Crippen MR) is 69.3 cm³/mol. The van der Waals surface area contributed by atoms with Crippen molar-refractivity contribution in [2.45, 2.75) is 18.7 Å². The Morgan fingerprint density at radius 3 is 2.62 bits per heavy atom.